The molecule has 2 aliphatic rings. The van der Waals surface area contributed by atoms with Crippen LogP contribution in [0.15, 0.2) is 81.6 Å². The fraction of sp³-hybridized carbons (Fsp3) is 0.375. The van der Waals surface area contributed by atoms with Crippen LogP contribution in [0.3, 0.4) is 0 Å². The minimum absolute atomic E-state index is 0.0950. The molecule has 0 N–H and O–H groups in total. The molecule has 3 heteroatoms. The Balaban J connectivity index is 1.84. The summed E-state index contributed by atoms with van der Waals surface area (Å²) in [5.74, 6) is 1.07. The summed E-state index contributed by atoms with van der Waals surface area (Å²) in [7, 11) is 0. The molecule has 2 aromatic rings. The summed E-state index contributed by atoms with van der Waals surface area (Å²) in [4.78, 5) is 15.4. The second-order valence-corrected chi connectivity index (χ2v) is 10.6. The highest BCUT2D eigenvalue weighted by Gasteiger charge is 2.56. The van der Waals surface area contributed by atoms with Crippen LogP contribution in [0.2, 0.25) is 0 Å². The molecule has 0 radical (unpaired) electrons. The van der Waals surface area contributed by atoms with Crippen LogP contribution in [0.4, 0.5) is 0 Å². The molecule has 140 valence electrons. The number of carbonyl (C=O) groups excluding carboxylic acids is 1. The summed E-state index contributed by atoms with van der Waals surface area (Å²) in [6.07, 6.45) is 3.88. The average molecular weight is 395 g/mol. The fourth-order valence-electron chi connectivity index (χ4n) is 4.58. The minimum Gasteiger partial charge on any atom is -0.299 e. The van der Waals surface area contributed by atoms with Crippen LogP contribution in [-0.2, 0) is 4.79 Å². The van der Waals surface area contributed by atoms with Crippen molar-refractivity contribution in [3.05, 3.63) is 71.8 Å². The van der Waals surface area contributed by atoms with Crippen LogP contribution in [0.25, 0.3) is 0 Å². The SMILES string of the molecule is CC(C)=C1C[C@@H]2C(=O)CCC[C@H]2C1(Sc1ccccc1)Sc1ccccc1. The molecule has 0 saturated heterocycles. The zero-order chi connectivity index (χ0) is 18.9. The number of benzene rings is 2. The Morgan fingerprint density at radius 2 is 1.48 bits per heavy atom. The molecule has 0 heterocycles. The van der Waals surface area contributed by atoms with E-state index >= 15 is 0 Å². The summed E-state index contributed by atoms with van der Waals surface area (Å²) in [5.41, 5.74) is 2.86. The first kappa shape index (κ1) is 18.9. The molecule has 0 aliphatic heterocycles. The standard InChI is InChI=1S/C24H26OS2/c1-17(2)22-16-20-21(14-9-15-23(20)25)24(22,26-18-10-5-3-6-11-18)27-19-12-7-4-8-13-19/h3-8,10-13,20-21H,9,14-16H2,1-2H3/t20-,21+/m0/s1. The van der Waals surface area contributed by atoms with E-state index in [2.05, 4.69) is 74.5 Å². The second kappa shape index (κ2) is 7.89. The van der Waals surface area contributed by atoms with Gasteiger partial charge in [-0.15, -0.1) is 23.5 Å². The van der Waals surface area contributed by atoms with Gasteiger partial charge in [0, 0.05) is 22.1 Å². The summed E-state index contributed by atoms with van der Waals surface area (Å²) in [6.45, 7) is 4.45. The number of Topliss-reactive ketones (excluding diaryl/α,β-unsaturated/α-hetero) is 1. The minimum atomic E-state index is -0.0950. The van der Waals surface area contributed by atoms with Gasteiger partial charge < -0.3 is 0 Å². The predicted molar refractivity (Wildman–Crippen MR) is 116 cm³/mol. The lowest BCUT2D eigenvalue weighted by atomic mass is 9.80. The van der Waals surface area contributed by atoms with E-state index in [0.717, 1.165) is 25.7 Å². The molecule has 2 atom stereocenters. The monoisotopic (exact) mass is 394 g/mol. The van der Waals surface area contributed by atoms with Gasteiger partial charge in [0.1, 0.15) is 5.78 Å². The molecule has 2 aromatic carbocycles. The quantitative estimate of drug-likeness (QED) is 0.411. The maximum absolute atomic E-state index is 12.8. The largest absolute Gasteiger partial charge is 0.299 e. The number of hydrogen-bond acceptors (Lipinski definition) is 3. The van der Waals surface area contributed by atoms with Crippen LogP contribution >= 0.6 is 23.5 Å². The number of allylic oxidation sites excluding steroid dienone is 1. The van der Waals surface area contributed by atoms with Gasteiger partial charge in [0.15, 0.2) is 0 Å². The zero-order valence-corrected chi connectivity index (χ0v) is 17.6. The number of ketones is 1. The van der Waals surface area contributed by atoms with Crippen molar-refractivity contribution in [2.24, 2.45) is 11.8 Å². The van der Waals surface area contributed by atoms with Crippen LogP contribution in [0, 0.1) is 11.8 Å². The normalized spacial score (nSPS) is 23.9. The third-order valence-electron chi connectivity index (χ3n) is 5.80. The highest BCUT2D eigenvalue weighted by atomic mass is 32.2. The van der Waals surface area contributed by atoms with E-state index in [1.807, 2.05) is 23.5 Å². The van der Waals surface area contributed by atoms with Crippen molar-refractivity contribution in [1.29, 1.82) is 0 Å². The summed E-state index contributed by atoms with van der Waals surface area (Å²) < 4.78 is -0.0950. The molecule has 0 unspecified atom stereocenters. The van der Waals surface area contributed by atoms with Crippen molar-refractivity contribution in [1.82, 2.24) is 0 Å². The van der Waals surface area contributed by atoms with Crippen LogP contribution in [-0.4, -0.2) is 9.86 Å². The molecule has 2 aliphatic carbocycles. The predicted octanol–water partition coefficient (Wildman–Crippen LogP) is 6.99. The molecule has 0 aromatic heterocycles. The van der Waals surface area contributed by atoms with Gasteiger partial charge in [-0.25, -0.2) is 0 Å². The third-order valence-corrected chi connectivity index (χ3v) is 9.02. The summed E-state index contributed by atoms with van der Waals surface area (Å²) in [5, 5.41) is 0. The Morgan fingerprint density at radius 3 is 2.00 bits per heavy atom. The van der Waals surface area contributed by atoms with E-state index in [9.17, 15) is 4.79 Å². The summed E-state index contributed by atoms with van der Waals surface area (Å²) >= 11 is 3.94. The van der Waals surface area contributed by atoms with Gasteiger partial charge in [-0.3, -0.25) is 4.79 Å². The smallest absolute Gasteiger partial charge is 0.136 e. The van der Waals surface area contributed by atoms with Crippen LogP contribution < -0.4 is 0 Å². The van der Waals surface area contributed by atoms with Gasteiger partial charge in [-0.2, -0.15) is 0 Å². The first-order chi connectivity index (χ1) is 13.1. The third kappa shape index (κ3) is 3.64. The highest BCUT2D eigenvalue weighted by molar-refractivity contribution is 8.18. The molecule has 0 spiro atoms. The van der Waals surface area contributed by atoms with Gasteiger partial charge in [0.25, 0.3) is 0 Å². The molecule has 4 rings (SSSR count). The van der Waals surface area contributed by atoms with Crippen molar-refractivity contribution in [2.45, 2.75) is 53.4 Å². The van der Waals surface area contributed by atoms with Gasteiger partial charge in [-0.05, 0) is 68.9 Å². The molecule has 27 heavy (non-hydrogen) atoms. The number of fused-ring (bicyclic) bond motifs is 1. The molecular weight excluding hydrogens is 368 g/mol. The van der Waals surface area contributed by atoms with Crippen LogP contribution in [0.1, 0.15) is 39.5 Å². The molecule has 1 nitrogen and oxygen atoms in total. The fourth-order valence-corrected chi connectivity index (χ4v) is 8.30. The average Bonchev–Trinajstić information content (AvgIpc) is 2.99. The Kier molecular flexibility index (Phi) is 5.52. The molecular formula is C24H26OS2. The van der Waals surface area contributed by atoms with Gasteiger partial charge in [-0.1, -0.05) is 42.0 Å². The molecule has 2 saturated carbocycles. The van der Waals surface area contributed by atoms with E-state index in [1.165, 1.54) is 20.9 Å². The lowest BCUT2D eigenvalue weighted by Crippen LogP contribution is -2.35. The number of thioether (sulfide) groups is 2. The second-order valence-electron chi connectivity index (χ2n) is 7.75. The summed E-state index contributed by atoms with van der Waals surface area (Å²) in [6, 6.07) is 21.4. The van der Waals surface area contributed by atoms with E-state index < -0.39 is 0 Å². The maximum atomic E-state index is 12.8. The van der Waals surface area contributed by atoms with Gasteiger partial charge in [0.2, 0.25) is 0 Å². The van der Waals surface area contributed by atoms with E-state index in [-0.39, 0.29) is 10.00 Å². The van der Waals surface area contributed by atoms with E-state index in [1.54, 1.807) is 0 Å². The highest BCUT2D eigenvalue weighted by Crippen LogP contribution is 2.65. The number of hydrogen-bond donors (Lipinski definition) is 0. The van der Waals surface area contributed by atoms with E-state index in [4.69, 9.17) is 0 Å². The Morgan fingerprint density at radius 1 is 0.926 bits per heavy atom. The van der Waals surface area contributed by atoms with Gasteiger partial charge in [0.05, 0.1) is 4.08 Å². The first-order valence-electron chi connectivity index (χ1n) is 9.78. The molecule has 0 amide bonds. The maximum Gasteiger partial charge on any atom is 0.136 e. The Bertz CT molecular complexity index is 796. The van der Waals surface area contributed by atoms with Crippen molar-refractivity contribution in [3.8, 4) is 0 Å². The first-order valence-corrected chi connectivity index (χ1v) is 11.4. The Hall–Kier alpha value is -1.45. The number of carbonyl (C=O) groups is 1. The Labute approximate surface area is 171 Å². The van der Waals surface area contributed by atoms with Crippen molar-refractivity contribution >= 4 is 29.3 Å². The lowest BCUT2D eigenvalue weighted by Gasteiger charge is -2.39. The molecule has 2 fully saturated rings. The van der Waals surface area contributed by atoms with Gasteiger partial charge >= 0.3 is 0 Å². The van der Waals surface area contributed by atoms with Crippen LogP contribution in [0.5, 0.6) is 0 Å². The topological polar surface area (TPSA) is 17.1 Å². The van der Waals surface area contributed by atoms with Crippen molar-refractivity contribution in [3.63, 3.8) is 0 Å². The van der Waals surface area contributed by atoms with Crippen molar-refractivity contribution < 1.29 is 4.79 Å². The molecule has 0 bridgehead atoms. The zero-order valence-electron chi connectivity index (χ0n) is 16.0. The number of rotatable bonds is 4. The lowest BCUT2D eigenvalue weighted by molar-refractivity contribution is -0.125. The van der Waals surface area contributed by atoms with E-state index in [0.29, 0.717) is 11.7 Å². The van der Waals surface area contributed by atoms with Crippen molar-refractivity contribution in [2.75, 3.05) is 0 Å².